The van der Waals surface area contributed by atoms with Crippen molar-refractivity contribution in [2.24, 2.45) is 5.92 Å². The van der Waals surface area contributed by atoms with E-state index in [0.717, 1.165) is 25.7 Å². The van der Waals surface area contributed by atoms with Gasteiger partial charge in [0, 0.05) is 19.0 Å². The lowest BCUT2D eigenvalue weighted by molar-refractivity contribution is -0.151. The number of carbonyl (C=O) groups is 2. The Labute approximate surface area is 149 Å². The first-order valence-corrected chi connectivity index (χ1v) is 9.22. The summed E-state index contributed by atoms with van der Waals surface area (Å²) in [6, 6.07) is 3.46. The molecule has 1 saturated carbocycles. The van der Waals surface area contributed by atoms with Crippen LogP contribution in [0.2, 0.25) is 0 Å². The van der Waals surface area contributed by atoms with E-state index in [2.05, 4.69) is 0 Å². The second kappa shape index (κ2) is 9.04. The van der Waals surface area contributed by atoms with Gasteiger partial charge in [0.05, 0.1) is 24.9 Å². The molecule has 25 heavy (non-hydrogen) atoms. The Hall–Kier alpha value is -1.82. The third kappa shape index (κ3) is 5.08. The van der Waals surface area contributed by atoms with Gasteiger partial charge in [0.25, 0.3) is 0 Å². The van der Waals surface area contributed by atoms with Gasteiger partial charge in [0.1, 0.15) is 0 Å². The Morgan fingerprint density at radius 1 is 1.36 bits per heavy atom. The maximum atomic E-state index is 12.3. The molecule has 1 aliphatic carbocycles. The van der Waals surface area contributed by atoms with Crippen LogP contribution in [0.3, 0.4) is 0 Å². The highest BCUT2D eigenvalue weighted by Crippen LogP contribution is 2.39. The molecule has 0 spiro atoms. The number of carbonyl (C=O) groups excluding carboxylic acids is 2. The molecule has 0 radical (unpaired) electrons. The van der Waals surface area contributed by atoms with E-state index in [1.165, 1.54) is 6.26 Å². The largest absolute Gasteiger partial charge is 0.466 e. The number of hydrogen-bond acceptors (Lipinski definition) is 5. The van der Waals surface area contributed by atoms with Gasteiger partial charge in [-0.05, 0) is 38.2 Å². The van der Waals surface area contributed by atoms with Crippen molar-refractivity contribution in [2.75, 3.05) is 18.1 Å². The number of esters is 1. The van der Waals surface area contributed by atoms with Gasteiger partial charge in [-0.25, -0.2) is 0 Å². The first-order chi connectivity index (χ1) is 12.0. The summed E-state index contributed by atoms with van der Waals surface area (Å²) in [5.41, 5.74) is -1.15. The average molecular weight is 351 g/mol. The van der Waals surface area contributed by atoms with Crippen LogP contribution in [0.25, 0.3) is 0 Å². The fourth-order valence-corrected chi connectivity index (χ4v) is 3.64. The fourth-order valence-electron chi connectivity index (χ4n) is 3.64. The molecule has 1 aromatic heterocycles. The molecule has 1 fully saturated rings. The first kappa shape index (κ1) is 19.5. The predicted octanol–water partition coefficient (Wildman–Crippen LogP) is 3.29. The number of nitrogens with zero attached hydrogens (tertiary/aromatic N) is 1. The van der Waals surface area contributed by atoms with E-state index >= 15 is 0 Å². The highest BCUT2D eigenvalue weighted by molar-refractivity contribution is 5.91. The van der Waals surface area contributed by atoms with E-state index in [1.807, 2.05) is 0 Å². The normalized spacial score (nSPS) is 17.2. The summed E-state index contributed by atoms with van der Waals surface area (Å²) in [7, 11) is 0. The summed E-state index contributed by atoms with van der Waals surface area (Å²) in [6.07, 6.45) is 6.09. The average Bonchev–Trinajstić information content (AvgIpc) is 3.28. The van der Waals surface area contributed by atoms with Crippen LogP contribution in [-0.2, 0) is 14.3 Å². The van der Waals surface area contributed by atoms with E-state index < -0.39 is 5.60 Å². The number of amides is 1. The maximum absolute atomic E-state index is 12.3. The molecule has 6 heteroatoms. The number of anilines is 1. The van der Waals surface area contributed by atoms with Crippen molar-refractivity contribution in [3.8, 4) is 0 Å². The Morgan fingerprint density at radius 3 is 2.64 bits per heavy atom. The zero-order valence-corrected chi connectivity index (χ0v) is 15.2. The van der Waals surface area contributed by atoms with Crippen molar-refractivity contribution in [1.82, 2.24) is 0 Å². The number of rotatable bonds is 9. The highest BCUT2D eigenvalue weighted by atomic mass is 16.5. The van der Waals surface area contributed by atoms with Crippen LogP contribution in [0.1, 0.15) is 58.8 Å². The molecular weight excluding hydrogens is 322 g/mol. The van der Waals surface area contributed by atoms with Gasteiger partial charge in [-0.2, -0.15) is 0 Å². The number of furan rings is 1. The standard InChI is InChI=1S/C19H29NO5/c1-3-16(21)20(17-10-7-13-25-17)12-11-19(23,14-18(22)24-4-2)15-8-5-6-9-15/h7,10,13,15,23H,3-6,8-9,11-12,14H2,1-2H3. The van der Waals surface area contributed by atoms with Crippen LogP contribution < -0.4 is 4.90 Å². The molecule has 1 N–H and O–H groups in total. The monoisotopic (exact) mass is 351 g/mol. The number of aliphatic hydroxyl groups is 1. The van der Waals surface area contributed by atoms with Crippen LogP contribution in [0.15, 0.2) is 22.8 Å². The maximum Gasteiger partial charge on any atom is 0.308 e. The molecule has 1 atom stereocenters. The first-order valence-electron chi connectivity index (χ1n) is 9.22. The van der Waals surface area contributed by atoms with Gasteiger partial charge < -0.3 is 14.3 Å². The van der Waals surface area contributed by atoms with Gasteiger partial charge in [-0.1, -0.05) is 19.8 Å². The van der Waals surface area contributed by atoms with E-state index in [9.17, 15) is 14.7 Å². The summed E-state index contributed by atoms with van der Waals surface area (Å²) in [5.74, 6) is 0.0759. The summed E-state index contributed by atoms with van der Waals surface area (Å²) < 4.78 is 10.4. The third-order valence-electron chi connectivity index (χ3n) is 5.01. The minimum absolute atomic E-state index is 0.0299. The van der Waals surface area contributed by atoms with Crippen molar-refractivity contribution >= 4 is 17.8 Å². The van der Waals surface area contributed by atoms with Gasteiger partial charge in [-0.3, -0.25) is 14.5 Å². The second-order valence-corrected chi connectivity index (χ2v) is 6.67. The van der Waals surface area contributed by atoms with Gasteiger partial charge in [0.15, 0.2) is 0 Å². The minimum atomic E-state index is -1.15. The Kier molecular flexibility index (Phi) is 7.05. The summed E-state index contributed by atoms with van der Waals surface area (Å²) >= 11 is 0. The fraction of sp³-hybridized carbons (Fsp3) is 0.684. The van der Waals surface area contributed by atoms with Crippen molar-refractivity contribution in [2.45, 2.75) is 64.4 Å². The Morgan fingerprint density at radius 2 is 2.08 bits per heavy atom. The lowest BCUT2D eigenvalue weighted by Gasteiger charge is -2.35. The van der Waals surface area contributed by atoms with Crippen LogP contribution in [0.4, 0.5) is 5.88 Å². The second-order valence-electron chi connectivity index (χ2n) is 6.67. The number of ether oxygens (including phenoxy) is 1. The van der Waals surface area contributed by atoms with Crippen molar-refractivity contribution in [3.05, 3.63) is 18.4 Å². The van der Waals surface area contributed by atoms with E-state index in [-0.39, 0.29) is 24.2 Å². The van der Waals surface area contributed by atoms with Crippen LogP contribution >= 0.6 is 0 Å². The number of hydrogen-bond donors (Lipinski definition) is 1. The molecule has 0 bridgehead atoms. The minimum Gasteiger partial charge on any atom is -0.466 e. The summed E-state index contributed by atoms with van der Waals surface area (Å²) in [6.45, 7) is 4.16. The smallest absolute Gasteiger partial charge is 0.308 e. The summed E-state index contributed by atoms with van der Waals surface area (Å²) in [5, 5.41) is 11.2. The van der Waals surface area contributed by atoms with E-state index in [1.54, 1.807) is 30.9 Å². The molecule has 0 saturated heterocycles. The van der Waals surface area contributed by atoms with Gasteiger partial charge in [0.2, 0.25) is 11.8 Å². The molecule has 1 unspecified atom stereocenters. The molecule has 2 rings (SSSR count). The lowest BCUT2D eigenvalue weighted by atomic mass is 9.80. The Bertz CT molecular complexity index is 550. The predicted molar refractivity (Wildman–Crippen MR) is 94.1 cm³/mol. The highest BCUT2D eigenvalue weighted by Gasteiger charge is 2.41. The zero-order chi connectivity index (χ0) is 18.3. The van der Waals surface area contributed by atoms with Crippen LogP contribution in [0.5, 0.6) is 0 Å². The van der Waals surface area contributed by atoms with E-state index in [0.29, 0.717) is 31.9 Å². The molecule has 0 aliphatic heterocycles. The van der Waals surface area contributed by atoms with Gasteiger partial charge >= 0.3 is 5.97 Å². The lowest BCUT2D eigenvalue weighted by Crippen LogP contribution is -2.44. The van der Waals surface area contributed by atoms with Gasteiger partial charge in [-0.15, -0.1) is 0 Å². The SMILES string of the molecule is CCOC(=O)CC(O)(CCN(C(=O)CC)c1ccco1)C1CCCC1. The third-order valence-corrected chi connectivity index (χ3v) is 5.01. The molecule has 1 aliphatic rings. The molecule has 1 aromatic rings. The molecule has 1 amide bonds. The van der Waals surface area contributed by atoms with Crippen LogP contribution in [-0.4, -0.2) is 35.7 Å². The molecule has 140 valence electrons. The molecule has 0 aromatic carbocycles. The van der Waals surface area contributed by atoms with Crippen LogP contribution in [0, 0.1) is 5.92 Å². The topological polar surface area (TPSA) is 80.0 Å². The molecule has 6 nitrogen and oxygen atoms in total. The van der Waals surface area contributed by atoms with Crippen molar-refractivity contribution in [3.63, 3.8) is 0 Å². The van der Waals surface area contributed by atoms with Crippen molar-refractivity contribution in [1.29, 1.82) is 0 Å². The Balaban J connectivity index is 2.11. The molecule has 1 heterocycles. The molecular formula is C19H29NO5. The van der Waals surface area contributed by atoms with Crippen molar-refractivity contribution < 1.29 is 23.8 Å². The van der Waals surface area contributed by atoms with E-state index in [4.69, 9.17) is 9.15 Å². The quantitative estimate of drug-likeness (QED) is 0.691. The summed E-state index contributed by atoms with van der Waals surface area (Å²) in [4.78, 5) is 25.8. The zero-order valence-electron chi connectivity index (χ0n) is 15.2.